The highest BCUT2D eigenvalue weighted by Crippen LogP contribution is 2.08. The molecule has 5 heteroatoms. The van der Waals surface area contributed by atoms with Crippen LogP contribution in [0.1, 0.15) is 11.1 Å². The lowest BCUT2D eigenvalue weighted by molar-refractivity contribution is -0.592. The van der Waals surface area contributed by atoms with Crippen molar-refractivity contribution < 1.29 is 9.71 Å². The molecule has 0 unspecified atom stereocenters. The largest absolute Gasteiger partial charge is 0.293 e. The number of aromatic nitrogens is 1. The average Bonchev–Trinajstić information content (AvgIpc) is 2.46. The van der Waals surface area contributed by atoms with Crippen LogP contribution in [0.4, 0.5) is 10.2 Å². The first-order valence-corrected chi connectivity index (χ1v) is 5.73. The molecular formula is C14H12FN4+. The summed E-state index contributed by atoms with van der Waals surface area (Å²) >= 11 is 0. The number of rotatable bonds is 4. The second kappa shape index (κ2) is 5.85. The maximum Gasteiger partial charge on any atom is 0.234 e. The van der Waals surface area contributed by atoms with E-state index in [1.165, 1.54) is 6.07 Å². The molecule has 0 aliphatic carbocycles. The third kappa shape index (κ3) is 3.00. The number of benzene rings is 1. The summed E-state index contributed by atoms with van der Waals surface area (Å²) in [7, 11) is 0. The summed E-state index contributed by atoms with van der Waals surface area (Å²) in [4.78, 5) is 4.12. The molecule has 2 aromatic rings. The summed E-state index contributed by atoms with van der Waals surface area (Å²) in [6.07, 6.45) is 1.58. The zero-order valence-electron chi connectivity index (χ0n) is 10.1. The van der Waals surface area contributed by atoms with Gasteiger partial charge in [-0.1, -0.05) is 18.2 Å². The standard InChI is InChI=1S/C14H11FN4/c15-12-6-2-1-4-10(12)9-19-14-11(13(17)8-16)5-3-7-18-14/h1-7,17H,9H2,(H,18,19)/p+1. The molecule has 0 saturated carbocycles. The zero-order valence-corrected chi connectivity index (χ0v) is 10.1. The molecule has 0 aliphatic heterocycles. The third-order valence-corrected chi connectivity index (χ3v) is 2.69. The van der Waals surface area contributed by atoms with Crippen LogP contribution in [0.5, 0.6) is 0 Å². The number of hydrogen-bond acceptors (Lipinski definition) is 3. The van der Waals surface area contributed by atoms with E-state index in [4.69, 9.17) is 10.7 Å². The van der Waals surface area contributed by atoms with Crippen molar-refractivity contribution in [1.29, 1.82) is 10.7 Å². The Hall–Kier alpha value is -2.58. The molecule has 1 aromatic carbocycles. The Kier molecular flexibility index (Phi) is 3.96. The molecule has 3 N–H and O–H groups in total. The number of nitrogens with two attached hydrogens (primary N) is 1. The van der Waals surface area contributed by atoms with Gasteiger partial charge in [0.25, 0.3) is 0 Å². The van der Waals surface area contributed by atoms with Crippen LogP contribution in [0.2, 0.25) is 0 Å². The van der Waals surface area contributed by atoms with Crippen LogP contribution in [0.25, 0.3) is 0 Å². The molecule has 94 valence electrons. The predicted molar refractivity (Wildman–Crippen MR) is 68.4 cm³/mol. The molecular weight excluding hydrogens is 243 g/mol. The number of pyridine rings is 1. The summed E-state index contributed by atoms with van der Waals surface area (Å²) in [5, 5.41) is 18.0. The van der Waals surface area contributed by atoms with Gasteiger partial charge in [0.15, 0.2) is 0 Å². The lowest BCUT2D eigenvalue weighted by Crippen LogP contribution is -2.77. The first-order chi connectivity index (χ1) is 9.22. The minimum atomic E-state index is -0.272. The van der Waals surface area contributed by atoms with E-state index in [9.17, 15) is 4.39 Å². The fourth-order valence-corrected chi connectivity index (χ4v) is 1.72. The Bertz CT molecular complexity index is 646. The van der Waals surface area contributed by atoms with Crippen LogP contribution < -0.4 is 5.32 Å². The van der Waals surface area contributed by atoms with Crippen LogP contribution >= 0.6 is 0 Å². The molecule has 1 heterocycles. The molecule has 19 heavy (non-hydrogen) atoms. The molecule has 0 radical (unpaired) electrons. The normalized spacial score (nSPS) is 9.89. The van der Waals surface area contributed by atoms with Crippen molar-refractivity contribution in [2.75, 3.05) is 0 Å². The third-order valence-electron chi connectivity index (χ3n) is 2.69. The molecule has 4 nitrogen and oxygen atoms in total. The van der Waals surface area contributed by atoms with Crippen molar-refractivity contribution in [3.63, 3.8) is 0 Å². The van der Waals surface area contributed by atoms with Gasteiger partial charge < -0.3 is 0 Å². The van der Waals surface area contributed by atoms with Crippen molar-refractivity contribution in [1.82, 2.24) is 4.98 Å². The summed E-state index contributed by atoms with van der Waals surface area (Å²) in [6.45, 7) is 0.370. The van der Waals surface area contributed by atoms with E-state index in [1.54, 1.807) is 47.9 Å². The lowest BCUT2D eigenvalue weighted by Gasteiger charge is -2.04. The highest BCUT2D eigenvalue weighted by atomic mass is 19.1. The van der Waals surface area contributed by atoms with Crippen LogP contribution in [-0.2, 0) is 6.54 Å². The molecule has 0 amide bonds. The van der Waals surface area contributed by atoms with Gasteiger partial charge in [-0.15, -0.1) is 0 Å². The fourth-order valence-electron chi connectivity index (χ4n) is 1.72. The lowest BCUT2D eigenvalue weighted by atomic mass is 10.1. The van der Waals surface area contributed by atoms with Crippen molar-refractivity contribution >= 4 is 11.5 Å². The highest BCUT2D eigenvalue weighted by molar-refractivity contribution is 6.11. The van der Waals surface area contributed by atoms with Gasteiger partial charge in [-0.25, -0.2) is 9.37 Å². The van der Waals surface area contributed by atoms with E-state index in [-0.39, 0.29) is 11.5 Å². The summed E-state index contributed by atoms with van der Waals surface area (Å²) in [6, 6.07) is 11.6. The number of halogens is 1. The smallest absolute Gasteiger partial charge is 0.234 e. The van der Waals surface area contributed by atoms with E-state index in [0.717, 1.165) is 0 Å². The zero-order chi connectivity index (χ0) is 13.7. The number of hydrogen-bond donors (Lipinski definition) is 2. The number of nitrogens with one attached hydrogen (secondary N) is 1. The first kappa shape index (κ1) is 12.9. The topological polar surface area (TPSA) is 77.1 Å². The Morgan fingerprint density at radius 3 is 2.84 bits per heavy atom. The second-order valence-electron chi connectivity index (χ2n) is 3.92. The molecule has 0 atom stereocenters. The Morgan fingerprint density at radius 1 is 1.32 bits per heavy atom. The van der Waals surface area contributed by atoms with Crippen molar-refractivity contribution in [3.05, 3.63) is 59.5 Å². The van der Waals surface area contributed by atoms with Crippen LogP contribution in [0, 0.1) is 22.6 Å². The Labute approximate surface area is 110 Å². The average molecular weight is 255 g/mol. The van der Waals surface area contributed by atoms with Crippen LogP contribution in [-0.4, -0.2) is 10.7 Å². The van der Waals surface area contributed by atoms with E-state index in [2.05, 4.69) is 4.98 Å². The van der Waals surface area contributed by atoms with Gasteiger partial charge in [0.2, 0.25) is 5.82 Å². The molecule has 0 spiro atoms. The maximum atomic E-state index is 13.5. The quantitative estimate of drug-likeness (QED) is 0.812. The van der Waals surface area contributed by atoms with Gasteiger partial charge in [-0.3, -0.25) is 10.7 Å². The number of nitriles is 1. The van der Waals surface area contributed by atoms with E-state index < -0.39 is 0 Å². The summed E-state index contributed by atoms with van der Waals surface area (Å²) in [5.74, 6) is 0.254. The minimum Gasteiger partial charge on any atom is -0.293 e. The van der Waals surface area contributed by atoms with Gasteiger partial charge in [0, 0.05) is 11.8 Å². The second-order valence-corrected chi connectivity index (χ2v) is 3.92. The number of quaternary nitrogens is 1. The molecule has 0 saturated heterocycles. The highest BCUT2D eigenvalue weighted by Gasteiger charge is 2.12. The monoisotopic (exact) mass is 255 g/mol. The van der Waals surface area contributed by atoms with Gasteiger partial charge in [-0.05, 0) is 18.2 Å². The Balaban J connectivity index is 2.19. The van der Waals surface area contributed by atoms with Gasteiger partial charge in [-0.2, -0.15) is 5.26 Å². The molecule has 0 aliphatic rings. The van der Waals surface area contributed by atoms with E-state index >= 15 is 0 Å². The molecule has 2 rings (SSSR count). The summed E-state index contributed by atoms with van der Waals surface area (Å²) < 4.78 is 13.5. The van der Waals surface area contributed by atoms with Gasteiger partial charge in [0.1, 0.15) is 24.1 Å². The minimum absolute atomic E-state index is 0.145. The van der Waals surface area contributed by atoms with Crippen LogP contribution in [0.3, 0.4) is 0 Å². The van der Waals surface area contributed by atoms with E-state index in [0.29, 0.717) is 23.5 Å². The Morgan fingerprint density at radius 2 is 2.11 bits per heavy atom. The van der Waals surface area contributed by atoms with E-state index in [1.807, 2.05) is 0 Å². The van der Waals surface area contributed by atoms with Gasteiger partial charge in [0.05, 0.1) is 5.56 Å². The van der Waals surface area contributed by atoms with Gasteiger partial charge >= 0.3 is 0 Å². The van der Waals surface area contributed by atoms with Crippen molar-refractivity contribution in [3.8, 4) is 6.07 Å². The predicted octanol–water partition coefficient (Wildman–Crippen LogP) is 1.51. The molecule has 0 bridgehead atoms. The first-order valence-electron chi connectivity index (χ1n) is 5.73. The fraction of sp³-hybridized carbons (Fsp3) is 0.0714. The number of nitrogens with zero attached hydrogens (tertiary/aromatic N) is 2. The molecule has 0 fully saturated rings. The molecule has 1 aromatic heterocycles. The van der Waals surface area contributed by atoms with Crippen molar-refractivity contribution in [2.24, 2.45) is 0 Å². The summed E-state index contributed by atoms with van der Waals surface area (Å²) in [5.41, 5.74) is 0.872. The SMILES string of the molecule is N#CC(=N)c1cccnc1[NH2+]Cc1ccccc1F. The van der Waals surface area contributed by atoms with Crippen LogP contribution in [0.15, 0.2) is 42.6 Å². The maximum absolute atomic E-state index is 13.5. The van der Waals surface area contributed by atoms with Crippen molar-refractivity contribution in [2.45, 2.75) is 6.54 Å².